The number of nitrogens with zero attached hydrogens (tertiary/aromatic N) is 3. The second-order valence-corrected chi connectivity index (χ2v) is 8.47. The summed E-state index contributed by atoms with van der Waals surface area (Å²) in [7, 11) is 0. The largest absolute Gasteiger partial charge is 0.465 e. The van der Waals surface area contributed by atoms with Gasteiger partial charge in [0.1, 0.15) is 6.54 Å². The zero-order chi connectivity index (χ0) is 22.8. The molecule has 1 N–H and O–H groups in total. The number of nitrogens with one attached hydrogen (secondary N) is 1. The number of benzene rings is 1. The van der Waals surface area contributed by atoms with Gasteiger partial charge in [-0.05, 0) is 68.9 Å². The highest BCUT2D eigenvalue weighted by atomic mass is 35.5. The van der Waals surface area contributed by atoms with Crippen molar-refractivity contribution in [2.24, 2.45) is 0 Å². The van der Waals surface area contributed by atoms with Gasteiger partial charge in [-0.25, -0.2) is 0 Å². The maximum absolute atomic E-state index is 12.4. The van der Waals surface area contributed by atoms with E-state index in [1.807, 2.05) is 54.3 Å². The number of hydrogen-bond acceptors (Lipinski definition) is 4. The van der Waals surface area contributed by atoms with E-state index in [0.717, 1.165) is 28.3 Å². The number of carbonyl (C=O) groups is 1. The quantitative estimate of drug-likeness (QED) is 0.418. The van der Waals surface area contributed by atoms with Crippen molar-refractivity contribution in [1.29, 1.82) is 0 Å². The number of carbonyl (C=O) groups excluding carboxylic acids is 1. The Morgan fingerprint density at radius 3 is 2.66 bits per heavy atom. The Balaban J connectivity index is 1.83. The van der Waals surface area contributed by atoms with E-state index in [2.05, 4.69) is 27.9 Å². The molecule has 1 aromatic carbocycles. The average Bonchev–Trinajstić information content (AvgIpc) is 3.25. The molecule has 2 atom stereocenters. The molecule has 1 aliphatic rings. The lowest BCUT2D eigenvalue weighted by Crippen LogP contribution is -2.35. The summed E-state index contributed by atoms with van der Waals surface area (Å²) >= 11 is 12.2. The summed E-state index contributed by atoms with van der Waals surface area (Å²) in [5, 5.41) is 4.55. The smallest absolute Gasteiger partial charge is 0.325 e. The van der Waals surface area contributed by atoms with Crippen LogP contribution in [0.25, 0.3) is 5.69 Å². The van der Waals surface area contributed by atoms with Crippen molar-refractivity contribution < 1.29 is 9.53 Å². The minimum Gasteiger partial charge on any atom is -0.465 e. The third-order valence-electron chi connectivity index (χ3n) is 5.68. The normalized spacial score (nSPS) is 18.0. The number of hydrogen-bond donors (Lipinski definition) is 1. The first-order valence-electron chi connectivity index (χ1n) is 10.5. The number of thiocarbonyl (C=S) groups is 1. The highest BCUT2D eigenvalue weighted by molar-refractivity contribution is 7.80. The van der Waals surface area contributed by atoms with Gasteiger partial charge < -0.3 is 19.5 Å². The van der Waals surface area contributed by atoms with Gasteiger partial charge in [-0.1, -0.05) is 29.8 Å². The van der Waals surface area contributed by atoms with Crippen molar-refractivity contribution in [3.05, 3.63) is 82.4 Å². The Morgan fingerprint density at radius 2 is 1.97 bits per heavy atom. The first-order chi connectivity index (χ1) is 15.4. The number of para-hydroxylation sites is 1. The van der Waals surface area contributed by atoms with Crippen LogP contribution in [-0.2, 0) is 9.53 Å². The summed E-state index contributed by atoms with van der Waals surface area (Å²) in [5.41, 5.74) is 4.89. The van der Waals surface area contributed by atoms with Crippen LogP contribution in [0.15, 0.2) is 54.7 Å². The van der Waals surface area contributed by atoms with Crippen molar-refractivity contribution in [2.45, 2.75) is 32.9 Å². The first kappa shape index (κ1) is 22.3. The van der Waals surface area contributed by atoms with Crippen LogP contribution in [0.4, 0.5) is 0 Å². The molecule has 0 unspecified atom stereocenters. The monoisotopic (exact) mass is 468 g/mol. The van der Waals surface area contributed by atoms with Crippen LogP contribution in [0, 0.1) is 13.8 Å². The molecule has 6 nitrogen and oxygen atoms in total. The molecule has 32 heavy (non-hydrogen) atoms. The topological polar surface area (TPSA) is 59.4 Å². The number of pyridine rings is 1. The van der Waals surface area contributed by atoms with E-state index < -0.39 is 0 Å². The second-order valence-electron chi connectivity index (χ2n) is 7.67. The minimum absolute atomic E-state index is 0.0590. The van der Waals surface area contributed by atoms with Crippen LogP contribution >= 0.6 is 23.8 Å². The number of aryl methyl sites for hydroxylation is 1. The summed E-state index contributed by atoms with van der Waals surface area (Å²) in [6, 6.07) is 15.2. The molecule has 0 amide bonds. The summed E-state index contributed by atoms with van der Waals surface area (Å²) in [6.07, 6.45) is 1.76. The molecule has 3 heterocycles. The van der Waals surface area contributed by atoms with Gasteiger partial charge in [0.05, 0.1) is 35.1 Å². The Bertz CT molecular complexity index is 1150. The Labute approximate surface area is 198 Å². The minimum atomic E-state index is -0.316. The molecule has 0 saturated carbocycles. The van der Waals surface area contributed by atoms with Crippen molar-refractivity contribution in [3.63, 3.8) is 0 Å². The van der Waals surface area contributed by atoms with E-state index in [4.69, 9.17) is 28.6 Å². The highest BCUT2D eigenvalue weighted by Crippen LogP contribution is 2.41. The molecule has 2 aromatic heterocycles. The number of rotatable bonds is 6. The number of aromatic nitrogens is 2. The molecular weight excluding hydrogens is 444 g/mol. The Kier molecular flexibility index (Phi) is 6.48. The standard InChI is InChI=1S/C24H25ClN4O2S/c1-4-31-21(30)14-28-23(22(27-24(28)32)19-10-7-8-12-26-19)17-13-15(2)29(16(17)3)20-11-6-5-9-18(20)25/h5-13,22-23H,4,14H2,1-3H3,(H,27,32)/t22-,23-/m1/s1. The van der Waals surface area contributed by atoms with Crippen LogP contribution in [0.2, 0.25) is 5.02 Å². The molecule has 1 saturated heterocycles. The molecule has 1 aliphatic heterocycles. The SMILES string of the molecule is CCOC(=O)CN1C(=S)N[C@H](c2ccccn2)[C@H]1c1cc(C)n(-c2ccccc2Cl)c1C. The molecular formula is C24H25ClN4O2S. The molecule has 4 rings (SSSR count). The predicted octanol–water partition coefficient (Wildman–Crippen LogP) is 4.68. The molecule has 0 aliphatic carbocycles. The molecule has 1 fully saturated rings. The zero-order valence-electron chi connectivity index (χ0n) is 18.2. The van der Waals surface area contributed by atoms with Gasteiger partial charge in [0.15, 0.2) is 5.11 Å². The summed E-state index contributed by atoms with van der Waals surface area (Å²) < 4.78 is 7.35. The fourth-order valence-electron chi connectivity index (χ4n) is 4.35. The van der Waals surface area contributed by atoms with E-state index in [9.17, 15) is 4.79 Å². The molecule has 8 heteroatoms. The molecule has 3 aromatic rings. The lowest BCUT2D eigenvalue weighted by Gasteiger charge is -2.27. The van der Waals surface area contributed by atoms with E-state index in [1.54, 1.807) is 13.1 Å². The zero-order valence-corrected chi connectivity index (χ0v) is 19.8. The van der Waals surface area contributed by atoms with Crippen molar-refractivity contribution >= 4 is 34.9 Å². The van der Waals surface area contributed by atoms with E-state index in [-0.39, 0.29) is 24.6 Å². The van der Waals surface area contributed by atoms with Gasteiger partial charge in [0.25, 0.3) is 0 Å². The second kappa shape index (κ2) is 9.30. The molecule has 0 bridgehead atoms. The summed E-state index contributed by atoms with van der Waals surface area (Å²) in [4.78, 5) is 18.9. The van der Waals surface area contributed by atoms with Gasteiger partial charge in [-0.2, -0.15) is 0 Å². The maximum Gasteiger partial charge on any atom is 0.325 e. The van der Waals surface area contributed by atoms with E-state index in [1.165, 1.54) is 0 Å². The van der Waals surface area contributed by atoms with Crippen LogP contribution in [-0.4, -0.2) is 38.7 Å². The fourth-order valence-corrected chi connectivity index (χ4v) is 4.88. The number of ether oxygens (including phenoxy) is 1. The van der Waals surface area contributed by atoms with Crippen molar-refractivity contribution in [1.82, 2.24) is 19.8 Å². The molecule has 166 valence electrons. The summed E-state index contributed by atoms with van der Waals surface area (Å²) in [5.74, 6) is -0.316. The van der Waals surface area contributed by atoms with Gasteiger partial charge in [0.2, 0.25) is 0 Å². The third-order valence-corrected chi connectivity index (χ3v) is 6.36. The lowest BCUT2D eigenvalue weighted by atomic mass is 9.97. The fraction of sp³-hybridized carbons (Fsp3) is 0.292. The Hall–Kier alpha value is -2.90. The average molecular weight is 469 g/mol. The number of esters is 1. The van der Waals surface area contributed by atoms with Crippen LogP contribution in [0.3, 0.4) is 0 Å². The molecule has 0 spiro atoms. The predicted molar refractivity (Wildman–Crippen MR) is 129 cm³/mol. The number of halogens is 1. The molecule has 0 radical (unpaired) electrons. The van der Waals surface area contributed by atoms with E-state index in [0.29, 0.717) is 16.7 Å². The van der Waals surface area contributed by atoms with Crippen LogP contribution in [0.1, 0.15) is 41.7 Å². The highest BCUT2D eigenvalue weighted by Gasteiger charge is 2.42. The first-order valence-corrected chi connectivity index (χ1v) is 11.3. The third kappa shape index (κ3) is 4.10. The van der Waals surface area contributed by atoms with Crippen LogP contribution in [0.5, 0.6) is 0 Å². The maximum atomic E-state index is 12.4. The van der Waals surface area contributed by atoms with Gasteiger partial charge in [-0.15, -0.1) is 0 Å². The van der Waals surface area contributed by atoms with Crippen molar-refractivity contribution in [2.75, 3.05) is 13.2 Å². The van der Waals surface area contributed by atoms with Crippen molar-refractivity contribution in [3.8, 4) is 5.69 Å². The Morgan fingerprint density at radius 1 is 1.22 bits per heavy atom. The van der Waals surface area contributed by atoms with Gasteiger partial charge >= 0.3 is 5.97 Å². The lowest BCUT2D eigenvalue weighted by molar-refractivity contribution is -0.143. The van der Waals surface area contributed by atoms with Crippen LogP contribution < -0.4 is 5.32 Å². The van der Waals surface area contributed by atoms with E-state index >= 15 is 0 Å². The van der Waals surface area contributed by atoms with Gasteiger partial charge in [0, 0.05) is 17.6 Å². The van der Waals surface area contributed by atoms with Gasteiger partial charge in [-0.3, -0.25) is 9.78 Å². The summed E-state index contributed by atoms with van der Waals surface area (Å²) in [6.45, 7) is 6.28.